The number of nitrogens with one attached hydrogen (secondary N) is 1. The first kappa shape index (κ1) is 23.4. The molecule has 1 N–H and O–H groups in total. The first-order chi connectivity index (χ1) is 17.1. The van der Waals surface area contributed by atoms with Gasteiger partial charge in [-0.3, -0.25) is 0 Å². The van der Waals surface area contributed by atoms with Gasteiger partial charge in [0.05, 0.1) is 55.6 Å². The van der Waals surface area contributed by atoms with Crippen molar-refractivity contribution in [3.05, 3.63) is 30.0 Å². The molecule has 192 valence electrons. The molecule has 11 nitrogen and oxygen atoms in total. The highest BCUT2D eigenvalue weighted by molar-refractivity contribution is 7.91. The standard InChI is InChI=1S/C24H30N6O5S/c1-14-9-33-12-16-13-35-19-20(24(2,3)36(4,31)32)27-23(28-21(19)29(14)16)30-18-8-6-5-7-17(18)26-22(30)25-15-10-34-11-15/h5-8,14-16H,9-13H2,1-4H3,(H,25,26)/t14-,16?/m1/s1. The molecule has 1 unspecified atom stereocenters. The number of anilines is 2. The molecular formula is C24H30N6O5S. The SMILES string of the molecule is C[C@@H]1COCC2COc3c(nc(-n4c(NC5COC5)nc5ccccc54)nc3C(C)(C)S(C)(=O)=O)N21. The van der Waals surface area contributed by atoms with Gasteiger partial charge in [-0.15, -0.1) is 0 Å². The van der Waals surface area contributed by atoms with Crippen LogP contribution < -0.4 is 15.0 Å². The molecule has 2 fully saturated rings. The Morgan fingerprint density at radius 2 is 1.78 bits per heavy atom. The highest BCUT2D eigenvalue weighted by Gasteiger charge is 2.44. The Hall–Kier alpha value is -2.96. The van der Waals surface area contributed by atoms with E-state index in [4.69, 9.17) is 29.2 Å². The Labute approximate surface area is 209 Å². The van der Waals surface area contributed by atoms with Crippen LogP contribution in [0.1, 0.15) is 26.5 Å². The lowest BCUT2D eigenvalue weighted by atomic mass is 10.0. The Balaban J connectivity index is 1.62. The maximum Gasteiger partial charge on any atom is 0.239 e. The Kier molecular flexibility index (Phi) is 5.39. The van der Waals surface area contributed by atoms with Crippen LogP contribution in [-0.4, -0.2) is 85.4 Å². The van der Waals surface area contributed by atoms with E-state index >= 15 is 0 Å². The average molecular weight is 515 g/mol. The predicted molar refractivity (Wildman–Crippen MR) is 135 cm³/mol. The molecule has 12 heteroatoms. The molecule has 5 heterocycles. The molecule has 0 saturated carbocycles. The second kappa shape index (κ2) is 8.29. The predicted octanol–water partition coefficient (Wildman–Crippen LogP) is 1.89. The summed E-state index contributed by atoms with van der Waals surface area (Å²) in [6.07, 6.45) is 1.22. The topological polar surface area (TPSA) is 121 Å². The van der Waals surface area contributed by atoms with Crippen LogP contribution in [0, 0.1) is 0 Å². The minimum Gasteiger partial charge on any atom is -0.486 e. The van der Waals surface area contributed by atoms with E-state index < -0.39 is 14.6 Å². The Morgan fingerprint density at radius 3 is 2.50 bits per heavy atom. The summed E-state index contributed by atoms with van der Waals surface area (Å²) in [6.45, 7) is 7.98. The van der Waals surface area contributed by atoms with Gasteiger partial charge in [0.15, 0.2) is 21.4 Å². The van der Waals surface area contributed by atoms with Crippen LogP contribution in [0.2, 0.25) is 0 Å². The van der Waals surface area contributed by atoms with Gasteiger partial charge in [0, 0.05) is 6.26 Å². The number of ether oxygens (including phenoxy) is 3. The molecule has 0 spiro atoms. The van der Waals surface area contributed by atoms with E-state index in [9.17, 15) is 8.42 Å². The number of aromatic nitrogens is 4. The van der Waals surface area contributed by atoms with Crippen molar-refractivity contribution in [2.24, 2.45) is 0 Å². The van der Waals surface area contributed by atoms with Gasteiger partial charge in [-0.2, -0.15) is 4.98 Å². The van der Waals surface area contributed by atoms with Crippen molar-refractivity contribution in [3.63, 3.8) is 0 Å². The van der Waals surface area contributed by atoms with E-state index in [1.807, 2.05) is 28.8 Å². The molecular weight excluding hydrogens is 484 g/mol. The first-order valence-corrected chi connectivity index (χ1v) is 14.0. The second-order valence-corrected chi connectivity index (χ2v) is 12.8. The van der Waals surface area contributed by atoms with Gasteiger partial charge in [0.25, 0.3) is 0 Å². The Bertz CT molecular complexity index is 1430. The number of hydrogen-bond donors (Lipinski definition) is 1. The molecule has 0 radical (unpaired) electrons. The van der Waals surface area contributed by atoms with Gasteiger partial charge in [0.1, 0.15) is 17.0 Å². The number of imidazole rings is 1. The van der Waals surface area contributed by atoms with Crippen molar-refractivity contribution < 1.29 is 22.6 Å². The van der Waals surface area contributed by atoms with Gasteiger partial charge in [-0.1, -0.05) is 12.1 Å². The van der Waals surface area contributed by atoms with Crippen molar-refractivity contribution in [3.8, 4) is 11.7 Å². The smallest absolute Gasteiger partial charge is 0.239 e. The fourth-order valence-corrected chi connectivity index (χ4v) is 5.32. The number of rotatable bonds is 5. The molecule has 2 aromatic heterocycles. The molecule has 6 rings (SSSR count). The highest BCUT2D eigenvalue weighted by atomic mass is 32.2. The van der Waals surface area contributed by atoms with Gasteiger partial charge in [-0.05, 0) is 32.9 Å². The molecule has 0 amide bonds. The summed E-state index contributed by atoms with van der Waals surface area (Å²) < 4.78 is 43.7. The minimum absolute atomic E-state index is 0.0255. The molecule has 2 atom stereocenters. The maximum absolute atomic E-state index is 13.0. The third-order valence-electron chi connectivity index (χ3n) is 7.27. The molecule has 3 aromatic rings. The molecule has 3 aliphatic rings. The van der Waals surface area contributed by atoms with E-state index in [0.717, 1.165) is 11.0 Å². The largest absolute Gasteiger partial charge is 0.486 e. The fourth-order valence-electron chi connectivity index (χ4n) is 4.83. The van der Waals surface area contributed by atoms with Crippen molar-refractivity contribution >= 4 is 32.6 Å². The van der Waals surface area contributed by atoms with Crippen molar-refractivity contribution in [2.45, 2.75) is 43.6 Å². The minimum atomic E-state index is -3.55. The lowest BCUT2D eigenvalue weighted by Crippen LogP contribution is -2.56. The molecule has 1 aromatic carbocycles. The summed E-state index contributed by atoms with van der Waals surface area (Å²) >= 11 is 0. The zero-order valence-electron chi connectivity index (χ0n) is 20.8. The number of nitrogens with zero attached hydrogens (tertiary/aromatic N) is 5. The molecule has 3 aliphatic heterocycles. The van der Waals surface area contributed by atoms with Crippen LogP contribution in [-0.2, 0) is 24.1 Å². The zero-order chi connectivity index (χ0) is 25.2. The van der Waals surface area contributed by atoms with Crippen molar-refractivity contribution in [1.29, 1.82) is 0 Å². The van der Waals surface area contributed by atoms with E-state index in [1.54, 1.807) is 13.8 Å². The molecule has 36 heavy (non-hydrogen) atoms. The summed E-state index contributed by atoms with van der Waals surface area (Å²) in [5.74, 6) is 1.90. The van der Waals surface area contributed by atoms with Gasteiger partial charge in [0.2, 0.25) is 11.9 Å². The number of benzene rings is 1. The number of para-hydroxylation sites is 2. The van der Waals surface area contributed by atoms with Crippen molar-refractivity contribution in [2.75, 3.05) is 49.5 Å². The van der Waals surface area contributed by atoms with Crippen LogP contribution in [0.15, 0.2) is 24.3 Å². The highest BCUT2D eigenvalue weighted by Crippen LogP contribution is 2.44. The third-order valence-corrected chi connectivity index (χ3v) is 9.31. The summed E-state index contributed by atoms with van der Waals surface area (Å²) in [5, 5.41) is 3.43. The maximum atomic E-state index is 13.0. The monoisotopic (exact) mass is 514 g/mol. The second-order valence-electron chi connectivity index (χ2n) is 10.2. The van der Waals surface area contributed by atoms with E-state index in [-0.39, 0.29) is 18.1 Å². The zero-order valence-corrected chi connectivity index (χ0v) is 21.6. The number of morpholine rings is 1. The Morgan fingerprint density at radius 1 is 1.03 bits per heavy atom. The quantitative estimate of drug-likeness (QED) is 0.540. The lowest BCUT2D eigenvalue weighted by molar-refractivity contribution is 0.0207. The van der Waals surface area contributed by atoms with E-state index in [0.29, 0.717) is 62.2 Å². The van der Waals surface area contributed by atoms with Crippen molar-refractivity contribution in [1.82, 2.24) is 19.5 Å². The summed E-state index contributed by atoms with van der Waals surface area (Å²) in [4.78, 5) is 16.8. The lowest BCUT2D eigenvalue weighted by Gasteiger charge is -2.45. The number of fused-ring (bicyclic) bond motifs is 4. The number of hydrogen-bond acceptors (Lipinski definition) is 10. The van der Waals surface area contributed by atoms with Crippen LogP contribution in [0.25, 0.3) is 17.0 Å². The van der Waals surface area contributed by atoms with Gasteiger partial charge >= 0.3 is 0 Å². The first-order valence-electron chi connectivity index (χ1n) is 12.1. The van der Waals surface area contributed by atoms with Gasteiger partial charge < -0.3 is 24.4 Å². The van der Waals surface area contributed by atoms with Crippen LogP contribution >= 0.6 is 0 Å². The van der Waals surface area contributed by atoms with E-state index in [2.05, 4.69) is 17.1 Å². The summed E-state index contributed by atoms with van der Waals surface area (Å²) in [6, 6.07) is 7.87. The summed E-state index contributed by atoms with van der Waals surface area (Å²) in [5.41, 5.74) is 1.92. The normalized spacial score (nSPS) is 22.5. The van der Waals surface area contributed by atoms with Crippen LogP contribution in [0.5, 0.6) is 5.75 Å². The molecule has 0 bridgehead atoms. The van der Waals surface area contributed by atoms with Gasteiger partial charge in [-0.25, -0.2) is 23.0 Å². The van der Waals surface area contributed by atoms with Crippen LogP contribution in [0.3, 0.4) is 0 Å². The average Bonchev–Trinajstić information content (AvgIpc) is 3.18. The fraction of sp³-hybridized carbons (Fsp3) is 0.542. The third kappa shape index (κ3) is 3.61. The number of sulfone groups is 1. The molecule has 2 saturated heterocycles. The summed E-state index contributed by atoms with van der Waals surface area (Å²) in [7, 11) is -3.55. The van der Waals surface area contributed by atoms with E-state index in [1.165, 1.54) is 6.26 Å². The van der Waals surface area contributed by atoms with Crippen LogP contribution in [0.4, 0.5) is 11.8 Å². The molecule has 0 aliphatic carbocycles.